The van der Waals surface area contributed by atoms with Gasteiger partial charge in [-0.1, -0.05) is 0 Å². The second-order valence-electron chi connectivity index (χ2n) is 7.92. The van der Waals surface area contributed by atoms with Gasteiger partial charge in [-0.15, -0.1) is 0 Å². The third kappa shape index (κ3) is 3.69. The molecule has 0 bridgehead atoms. The van der Waals surface area contributed by atoms with Crippen molar-refractivity contribution < 1.29 is 32.0 Å². The van der Waals surface area contributed by atoms with Crippen LogP contribution in [-0.2, 0) is 25.0 Å². The topological polar surface area (TPSA) is 140 Å². The van der Waals surface area contributed by atoms with E-state index in [9.17, 15) is 27.7 Å². The molecule has 0 saturated carbocycles. The average molecular weight is 444 g/mol. The summed E-state index contributed by atoms with van der Waals surface area (Å²) in [6.45, 7) is 4.23. The predicted molar refractivity (Wildman–Crippen MR) is 103 cm³/mol. The molecule has 2 aliphatic heterocycles. The Hall–Kier alpha value is -2.80. The van der Waals surface area contributed by atoms with Crippen LogP contribution in [0.5, 0.6) is 0 Å². The van der Waals surface area contributed by atoms with Crippen molar-refractivity contribution >= 4 is 27.8 Å². The molecule has 2 unspecified atom stereocenters. The second-order valence-corrected chi connectivity index (χ2v) is 10.1. The number of halogens is 1. The lowest BCUT2D eigenvalue weighted by Gasteiger charge is -2.39. The van der Waals surface area contributed by atoms with Gasteiger partial charge in [0.2, 0.25) is 16.0 Å². The molecule has 0 spiro atoms. The Kier molecular flexibility index (Phi) is 5.23. The van der Waals surface area contributed by atoms with E-state index in [1.54, 1.807) is 20.8 Å². The summed E-state index contributed by atoms with van der Waals surface area (Å²) in [4.78, 5) is 27.0. The van der Waals surface area contributed by atoms with Gasteiger partial charge in [-0.25, -0.2) is 26.9 Å². The Labute approximate surface area is 172 Å². The number of sulfonamides is 1. The number of hydrogen-bond donors (Lipinski definition) is 1. The minimum Gasteiger partial charge on any atom is -0.444 e. The van der Waals surface area contributed by atoms with Crippen LogP contribution in [0.25, 0.3) is 0 Å². The zero-order valence-corrected chi connectivity index (χ0v) is 17.5. The van der Waals surface area contributed by atoms with Crippen LogP contribution >= 0.6 is 0 Å². The first kappa shape index (κ1) is 21.9. The van der Waals surface area contributed by atoms with E-state index < -0.39 is 54.9 Å². The van der Waals surface area contributed by atoms with Gasteiger partial charge in [-0.3, -0.25) is 15.4 Å². The number of benzene rings is 1. The third-order valence-electron chi connectivity index (χ3n) is 4.71. The van der Waals surface area contributed by atoms with Crippen molar-refractivity contribution in [1.82, 2.24) is 9.62 Å². The molecule has 13 heteroatoms. The van der Waals surface area contributed by atoms with Gasteiger partial charge >= 0.3 is 6.09 Å². The van der Waals surface area contributed by atoms with Crippen LogP contribution in [0.2, 0.25) is 0 Å². The second kappa shape index (κ2) is 7.16. The number of fused-ring (bicyclic) bond motifs is 1. The number of carbonyl (C=O) groups is 1. The maximum absolute atomic E-state index is 14.7. The van der Waals surface area contributed by atoms with Crippen LogP contribution in [0.4, 0.5) is 14.9 Å². The molecule has 1 aromatic rings. The van der Waals surface area contributed by atoms with Crippen molar-refractivity contribution in [2.24, 2.45) is 4.99 Å². The van der Waals surface area contributed by atoms with E-state index in [1.807, 2.05) is 0 Å². The first-order valence-electron chi connectivity index (χ1n) is 8.88. The van der Waals surface area contributed by atoms with E-state index in [2.05, 4.69) is 10.3 Å². The van der Waals surface area contributed by atoms with Crippen molar-refractivity contribution in [3.05, 3.63) is 39.7 Å². The maximum Gasteiger partial charge on any atom is 0.414 e. The molecule has 1 N–H and O–H groups in total. The van der Waals surface area contributed by atoms with Crippen molar-refractivity contribution in [1.29, 1.82) is 0 Å². The minimum atomic E-state index is -4.16. The van der Waals surface area contributed by atoms with Gasteiger partial charge in [0.1, 0.15) is 22.2 Å². The van der Waals surface area contributed by atoms with E-state index in [-0.39, 0.29) is 18.8 Å². The molecule has 0 radical (unpaired) electrons. The van der Waals surface area contributed by atoms with Crippen LogP contribution in [0.1, 0.15) is 26.3 Å². The van der Waals surface area contributed by atoms with Crippen molar-refractivity contribution in [2.45, 2.75) is 37.2 Å². The molecular weight excluding hydrogens is 423 g/mol. The fraction of sp³-hybridized carbons (Fsp3) is 0.529. The zero-order valence-electron chi connectivity index (χ0n) is 16.7. The molecule has 0 aromatic heterocycles. The number of hydrogen-bond acceptors (Lipinski definition) is 8. The van der Waals surface area contributed by atoms with Crippen LogP contribution in [-0.4, -0.2) is 60.8 Å². The fourth-order valence-electron chi connectivity index (χ4n) is 3.33. The summed E-state index contributed by atoms with van der Waals surface area (Å²) in [7, 11) is -2.99. The summed E-state index contributed by atoms with van der Waals surface area (Å²) < 4.78 is 52.2. The summed E-state index contributed by atoms with van der Waals surface area (Å²) in [5.74, 6) is -1.28. The molecule has 1 fully saturated rings. The van der Waals surface area contributed by atoms with E-state index in [0.717, 1.165) is 22.5 Å². The van der Waals surface area contributed by atoms with Crippen LogP contribution in [0, 0.1) is 15.9 Å². The third-order valence-corrected chi connectivity index (χ3v) is 6.89. The van der Waals surface area contributed by atoms with Crippen molar-refractivity contribution in [3.63, 3.8) is 0 Å². The number of rotatable bonds is 2. The highest BCUT2D eigenvalue weighted by Crippen LogP contribution is 2.44. The molecule has 0 aliphatic carbocycles. The monoisotopic (exact) mass is 444 g/mol. The van der Waals surface area contributed by atoms with Gasteiger partial charge in [-0.2, -0.15) is 0 Å². The first-order chi connectivity index (χ1) is 13.8. The molecular formula is C17H21FN4O7S. The van der Waals surface area contributed by atoms with Gasteiger partial charge in [0, 0.05) is 24.7 Å². The summed E-state index contributed by atoms with van der Waals surface area (Å²) in [6, 6.07) is 2.78. The highest BCUT2D eigenvalue weighted by Gasteiger charge is 2.59. The lowest BCUT2D eigenvalue weighted by atomic mass is 9.88. The van der Waals surface area contributed by atoms with Gasteiger partial charge in [0.15, 0.2) is 0 Å². The maximum atomic E-state index is 14.7. The lowest BCUT2D eigenvalue weighted by Crippen LogP contribution is -2.59. The Morgan fingerprint density at radius 1 is 1.47 bits per heavy atom. The first-order valence-corrected chi connectivity index (χ1v) is 10.4. The van der Waals surface area contributed by atoms with Gasteiger partial charge in [-0.05, 0) is 26.8 Å². The van der Waals surface area contributed by atoms with Gasteiger partial charge < -0.3 is 9.47 Å². The van der Waals surface area contributed by atoms with Crippen LogP contribution < -0.4 is 5.32 Å². The number of aliphatic imine (C=N–C) groups is 1. The minimum absolute atomic E-state index is 0.294. The number of guanidine groups is 1. The van der Waals surface area contributed by atoms with E-state index in [4.69, 9.17) is 9.47 Å². The fourth-order valence-corrected chi connectivity index (χ4v) is 5.05. The number of nitrogens with one attached hydrogen (secondary N) is 1. The van der Waals surface area contributed by atoms with Crippen molar-refractivity contribution in [3.8, 4) is 0 Å². The molecule has 1 saturated heterocycles. The van der Waals surface area contributed by atoms with Gasteiger partial charge in [0.05, 0.1) is 18.1 Å². The lowest BCUT2D eigenvalue weighted by molar-refractivity contribution is -0.385. The summed E-state index contributed by atoms with van der Waals surface area (Å²) in [5, 5.41) is 12.1. The normalized spacial score (nSPS) is 25.3. The van der Waals surface area contributed by atoms with Crippen LogP contribution in [0.15, 0.2) is 23.2 Å². The number of nitro groups is 1. The molecule has 30 heavy (non-hydrogen) atoms. The highest BCUT2D eigenvalue weighted by molar-refractivity contribution is 7.90. The summed E-state index contributed by atoms with van der Waals surface area (Å²) in [5.41, 5.74) is -3.41. The molecule has 2 aliphatic rings. The highest BCUT2D eigenvalue weighted by atomic mass is 32.2. The standard InChI is InChI=1S/C17H21FN4O7S/c1-16(2,3)29-15(23)19-14-20-17(9-28-8-13(17)30(26,27)21(14)4)11-7-10(22(24)25)5-6-12(11)18/h5-7,13H,8-9H2,1-4H3,(H,19,20,23). The Morgan fingerprint density at radius 2 is 2.13 bits per heavy atom. The van der Waals surface area contributed by atoms with Gasteiger partial charge in [0.25, 0.3) is 5.69 Å². The number of nitro benzene ring substituents is 1. The molecule has 11 nitrogen and oxygen atoms in total. The molecule has 2 heterocycles. The van der Waals surface area contributed by atoms with E-state index in [1.165, 1.54) is 7.05 Å². The molecule has 3 rings (SSSR count). The molecule has 1 aromatic carbocycles. The quantitative estimate of drug-likeness (QED) is 0.538. The number of non-ortho nitro benzene ring substituents is 1. The zero-order chi connectivity index (χ0) is 22.5. The smallest absolute Gasteiger partial charge is 0.414 e. The molecule has 2 atom stereocenters. The number of amides is 1. The summed E-state index contributed by atoms with van der Waals surface area (Å²) in [6.07, 6.45) is -0.963. The summed E-state index contributed by atoms with van der Waals surface area (Å²) >= 11 is 0. The van der Waals surface area contributed by atoms with Crippen LogP contribution in [0.3, 0.4) is 0 Å². The molecule has 164 valence electrons. The number of carbonyl (C=O) groups excluding carboxylic acids is 1. The number of ether oxygens (including phenoxy) is 2. The van der Waals surface area contributed by atoms with E-state index in [0.29, 0.717) is 0 Å². The average Bonchev–Trinajstić information content (AvgIpc) is 3.04. The van der Waals surface area contributed by atoms with E-state index >= 15 is 0 Å². The Morgan fingerprint density at radius 3 is 2.73 bits per heavy atom. The largest absolute Gasteiger partial charge is 0.444 e. The van der Waals surface area contributed by atoms with Crippen molar-refractivity contribution in [2.75, 3.05) is 20.3 Å². The Bertz CT molecular complexity index is 1040. The Balaban J connectivity index is 2.16. The SMILES string of the molecule is CN1C(NC(=O)OC(C)(C)C)=NC2(c3cc([N+](=O)[O-])ccc3F)COCC2S1(=O)=O. The number of alkyl carbamates (subject to hydrolysis) is 1. The molecule has 1 amide bonds. The number of nitrogens with zero attached hydrogens (tertiary/aromatic N) is 3. The predicted octanol–water partition coefficient (Wildman–Crippen LogP) is 1.48.